The van der Waals surface area contributed by atoms with Gasteiger partial charge in [-0.15, -0.1) is 0 Å². The monoisotopic (exact) mass is 240 g/mol. The number of rotatable bonds is 7. The van der Waals surface area contributed by atoms with Gasteiger partial charge in [0.2, 0.25) is 0 Å². The van der Waals surface area contributed by atoms with E-state index in [-0.39, 0.29) is 0 Å². The van der Waals surface area contributed by atoms with Crippen molar-refractivity contribution in [3.8, 4) is 11.5 Å². The van der Waals surface area contributed by atoms with Crippen LogP contribution in [0.1, 0.15) is 24.5 Å². The molecule has 1 aromatic carbocycles. The van der Waals surface area contributed by atoms with Crippen molar-refractivity contribution in [2.75, 3.05) is 27.9 Å². The van der Waals surface area contributed by atoms with Crippen LogP contribution >= 0.6 is 0 Å². The van der Waals surface area contributed by atoms with Gasteiger partial charge in [-0.2, -0.15) is 0 Å². The molecule has 17 heavy (non-hydrogen) atoms. The lowest BCUT2D eigenvalue weighted by Gasteiger charge is -2.15. The van der Waals surface area contributed by atoms with Crippen LogP contribution in [0.15, 0.2) is 18.2 Å². The highest BCUT2D eigenvalue weighted by Gasteiger charge is 2.14. The van der Waals surface area contributed by atoms with Crippen molar-refractivity contribution in [1.29, 1.82) is 0 Å². The first-order chi connectivity index (χ1) is 8.22. The van der Waals surface area contributed by atoms with Gasteiger partial charge in [-0.3, -0.25) is 0 Å². The molecule has 1 unspecified atom stereocenters. The highest BCUT2D eigenvalue weighted by molar-refractivity contribution is 5.41. The SMILES string of the molecule is COCCCC(O)c1cc(OC)ccc1OC. The first kappa shape index (κ1) is 13.8. The molecule has 0 aliphatic heterocycles. The second-order valence-corrected chi connectivity index (χ2v) is 3.76. The Morgan fingerprint density at radius 2 is 1.94 bits per heavy atom. The summed E-state index contributed by atoms with van der Waals surface area (Å²) in [6.07, 6.45) is 0.880. The number of ether oxygens (including phenoxy) is 3. The predicted molar refractivity (Wildman–Crippen MR) is 65.6 cm³/mol. The molecule has 1 N–H and O–H groups in total. The van der Waals surface area contributed by atoms with E-state index in [0.29, 0.717) is 24.5 Å². The van der Waals surface area contributed by atoms with Crippen LogP contribution < -0.4 is 9.47 Å². The van der Waals surface area contributed by atoms with E-state index in [4.69, 9.17) is 14.2 Å². The maximum atomic E-state index is 10.1. The van der Waals surface area contributed by atoms with Crippen molar-refractivity contribution in [2.24, 2.45) is 0 Å². The maximum absolute atomic E-state index is 10.1. The van der Waals surface area contributed by atoms with Crippen LogP contribution in [-0.2, 0) is 4.74 Å². The van der Waals surface area contributed by atoms with Gasteiger partial charge in [-0.1, -0.05) is 0 Å². The third-order valence-corrected chi connectivity index (χ3v) is 2.62. The molecular weight excluding hydrogens is 220 g/mol. The van der Waals surface area contributed by atoms with Crippen LogP contribution in [-0.4, -0.2) is 33.0 Å². The van der Waals surface area contributed by atoms with Crippen molar-refractivity contribution in [3.05, 3.63) is 23.8 Å². The number of aliphatic hydroxyl groups is 1. The predicted octanol–water partition coefficient (Wildman–Crippen LogP) is 2.16. The summed E-state index contributed by atoms with van der Waals surface area (Å²) in [6.45, 7) is 0.642. The number of aliphatic hydroxyl groups excluding tert-OH is 1. The van der Waals surface area contributed by atoms with Crippen molar-refractivity contribution in [2.45, 2.75) is 18.9 Å². The number of benzene rings is 1. The molecule has 4 heteroatoms. The summed E-state index contributed by atoms with van der Waals surface area (Å²) >= 11 is 0. The molecule has 1 rings (SSSR count). The fraction of sp³-hybridized carbons (Fsp3) is 0.538. The minimum atomic E-state index is -0.560. The Balaban J connectivity index is 2.78. The highest BCUT2D eigenvalue weighted by atomic mass is 16.5. The summed E-state index contributed by atoms with van der Waals surface area (Å²) in [5.74, 6) is 1.39. The molecule has 0 fully saturated rings. The quantitative estimate of drug-likeness (QED) is 0.742. The molecule has 1 atom stereocenters. The lowest BCUT2D eigenvalue weighted by molar-refractivity contribution is 0.133. The van der Waals surface area contributed by atoms with Crippen molar-refractivity contribution < 1.29 is 19.3 Å². The highest BCUT2D eigenvalue weighted by Crippen LogP contribution is 2.31. The van der Waals surface area contributed by atoms with Crippen molar-refractivity contribution in [1.82, 2.24) is 0 Å². The summed E-state index contributed by atoms with van der Waals surface area (Å²) in [7, 11) is 4.84. The molecule has 0 heterocycles. The molecule has 96 valence electrons. The first-order valence-electron chi connectivity index (χ1n) is 5.61. The molecule has 0 saturated heterocycles. The van der Waals surface area contributed by atoms with Gasteiger partial charge in [-0.05, 0) is 31.0 Å². The zero-order valence-corrected chi connectivity index (χ0v) is 10.6. The number of methoxy groups -OCH3 is 3. The molecule has 4 nitrogen and oxygen atoms in total. The van der Waals surface area contributed by atoms with Crippen molar-refractivity contribution in [3.63, 3.8) is 0 Å². The molecule has 0 saturated carbocycles. The lowest BCUT2D eigenvalue weighted by atomic mass is 10.0. The Kier molecular flexibility index (Phi) is 5.80. The van der Waals surface area contributed by atoms with E-state index in [9.17, 15) is 5.11 Å². The smallest absolute Gasteiger partial charge is 0.124 e. The van der Waals surface area contributed by atoms with Crippen LogP contribution in [0, 0.1) is 0 Å². The number of hydrogen-bond donors (Lipinski definition) is 1. The third kappa shape index (κ3) is 3.91. The topological polar surface area (TPSA) is 47.9 Å². The van der Waals surface area contributed by atoms with E-state index >= 15 is 0 Å². The fourth-order valence-electron chi connectivity index (χ4n) is 1.68. The molecular formula is C13H20O4. The Hall–Kier alpha value is -1.26. The molecule has 0 spiro atoms. The Morgan fingerprint density at radius 1 is 1.18 bits per heavy atom. The fourth-order valence-corrected chi connectivity index (χ4v) is 1.68. The van der Waals surface area contributed by atoms with Gasteiger partial charge in [-0.25, -0.2) is 0 Å². The zero-order chi connectivity index (χ0) is 12.7. The van der Waals surface area contributed by atoms with E-state index < -0.39 is 6.10 Å². The van der Waals surface area contributed by atoms with Crippen LogP contribution in [0.5, 0.6) is 11.5 Å². The van der Waals surface area contributed by atoms with Crippen LogP contribution in [0.25, 0.3) is 0 Å². The molecule has 0 bridgehead atoms. The third-order valence-electron chi connectivity index (χ3n) is 2.62. The van der Waals surface area contributed by atoms with Gasteiger partial charge in [0.15, 0.2) is 0 Å². The first-order valence-corrected chi connectivity index (χ1v) is 5.61. The summed E-state index contributed by atoms with van der Waals surface area (Å²) in [5, 5.41) is 10.1. The zero-order valence-electron chi connectivity index (χ0n) is 10.6. The molecule has 0 amide bonds. The van der Waals surface area contributed by atoms with Gasteiger partial charge in [0.25, 0.3) is 0 Å². The second kappa shape index (κ2) is 7.14. The minimum Gasteiger partial charge on any atom is -0.497 e. The Labute approximate surface area is 102 Å². The van der Waals surface area contributed by atoms with E-state index in [1.54, 1.807) is 33.5 Å². The van der Waals surface area contributed by atoms with Gasteiger partial charge in [0, 0.05) is 19.3 Å². The lowest BCUT2D eigenvalue weighted by Crippen LogP contribution is -2.03. The molecule has 0 aromatic heterocycles. The largest absolute Gasteiger partial charge is 0.497 e. The van der Waals surface area contributed by atoms with Gasteiger partial charge in [0.05, 0.1) is 20.3 Å². The molecule has 0 aliphatic rings. The summed E-state index contributed by atoms with van der Waals surface area (Å²) < 4.78 is 15.3. The van der Waals surface area contributed by atoms with E-state index in [2.05, 4.69) is 0 Å². The minimum absolute atomic E-state index is 0.560. The maximum Gasteiger partial charge on any atom is 0.124 e. The average molecular weight is 240 g/mol. The van der Waals surface area contributed by atoms with Gasteiger partial charge in [0.1, 0.15) is 11.5 Å². The summed E-state index contributed by atoms with van der Waals surface area (Å²) in [4.78, 5) is 0. The second-order valence-electron chi connectivity index (χ2n) is 3.76. The average Bonchev–Trinajstić information content (AvgIpc) is 2.38. The van der Waals surface area contributed by atoms with Crippen LogP contribution in [0.4, 0.5) is 0 Å². The standard InChI is InChI=1S/C13H20O4/c1-15-8-4-5-12(14)11-9-10(16-2)6-7-13(11)17-3/h6-7,9,12,14H,4-5,8H2,1-3H3. The normalized spacial score (nSPS) is 12.2. The Bertz CT molecular complexity index is 338. The van der Waals surface area contributed by atoms with Crippen LogP contribution in [0.3, 0.4) is 0 Å². The Morgan fingerprint density at radius 3 is 2.53 bits per heavy atom. The molecule has 1 aromatic rings. The van der Waals surface area contributed by atoms with Gasteiger partial charge < -0.3 is 19.3 Å². The molecule has 0 radical (unpaired) electrons. The van der Waals surface area contributed by atoms with Crippen molar-refractivity contribution >= 4 is 0 Å². The van der Waals surface area contributed by atoms with E-state index in [0.717, 1.165) is 12.0 Å². The van der Waals surface area contributed by atoms with Crippen LogP contribution in [0.2, 0.25) is 0 Å². The summed E-state index contributed by atoms with van der Waals surface area (Å²) in [6, 6.07) is 5.41. The number of hydrogen-bond acceptors (Lipinski definition) is 4. The van der Waals surface area contributed by atoms with E-state index in [1.807, 2.05) is 6.07 Å². The van der Waals surface area contributed by atoms with E-state index in [1.165, 1.54) is 0 Å². The summed E-state index contributed by atoms with van der Waals surface area (Å²) in [5.41, 5.74) is 0.753. The van der Waals surface area contributed by atoms with Gasteiger partial charge >= 0.3 is 0 Å². The molecule has 0 aliphatic carbocycles.